The third-order valence-corrected chi connectivity index (χ3v) is 4.68. The highest BCUT2D eigenvalue weighted by Crippen LogP contribution is 2.23. The van der Waals surface area contributed by atoms with Crippen molar-refractivity contribution in [2.24, 2.45) is 0 Å². The molecule has 0 aliphatic rings. The lowest BCUT2D eigenvalue weighted by molar-refractivity contribution is -0.125. The first-order valence-electron chi connectivity index (χ1n) is 9.38. The average Bonchev–Trinajstić information content (AvgIpc) is 2.76. The molecule has 6 nitrogen and oxygen atoms in total. The smallest absolute Gasteiger partial charge is 0.258 e. The summed E-state index contributed by atoms with van der Waals surface area (Å²) in [6, 6.07) is 22.3. The fraction of sp³-hybridized carbons (Fsp3) is 0.130. The molecule has 0 aromatic heterocycles. The topological polar surface area (TPSA) is 79.5 Å². The lowest BCUT2D eigenvalue weighted by atomic mass is 10.2. The van der Waals surface area contributed by atoms with E-state index >= 15 is 0 Å². The zero-order valence-corrected chi connectivity index (χ0v) is 17.2. The molecule has 0 bridgehead atoms. The van der Waals surface area contributed by atoms with E-state index in [0.29, 0.717) is 16.5 Å². The molecule has 0 aliphatic heterocycles. The number of benzene rings is 3. The van der Waals surface area contributed by atoms with Crippen LogP contribution in [0.1, 0.15) is 5.56 Å². The van der Waals surface area contributed by atoms with Gasteiger partial charge in [-0.25, -0.2) is 0 Å². The van der Waals surface area contributed by atoms with Crippen molar-refractivity contribution in [3.63, 3.8) is 0 Å². The summed E-state index contributed by atoms with van der Waals surface area (Å²) in [4.78, 5) is 24.0. The van der Waals surface area contributed by atoms with Gasteiger partial charge in [0.15, 0.2) is 6.61 Å². The Morgan fingerprint density at radius 1 is 0.867 bits per heavy atom. The number of anilines is 3. The van der Waals surface area contributed by atoms with Crippen LogP contribution in [0.3, 0.4) is 0 Å². The summed E-state index contributed by atoms with van der Waals surface area (Å²) in [5, 5.41) is 9.08. The molecule has 0 spiro atoms. The molecule has 0 atom stereocenters. The van der Waals surface area contributed by atoms with Crippen LogP contribution < -0.4 is 20.7 Å². The number of nitrogens with one attached hydrogen (secondary N) is 3. The first-order valence-corrected chi connectivity index (χ1v) is 9.75. The number of hydrogen-bond acceptors (Lipinski definition) is 4. The van der Waals surface area contributed by atoms with Crippen LogP contribution in [0.15, 0.2) is 72.8 Å². The van der Waals surface area contributed by atoms with Gasteiger partial charge in [0.1, 0.15) is 5.75 Å². The lowest BCUT2D eigenvalue weighted by Crippen LogP contribution is -2.35. The van der Waals surface area contributed by atoms with Gasteiger partial charge in [-0.05, 0) is 61.0 Å². The Morgan fingerprint density at radius 2 is 1.57 bits per heavy atom. The zero-order valence-electron chi connectivity index (χ0n) is 16.4. The van der Waals surface area contributed by atoms with Gasteiger partial charge in [0.05, 0.1) is 6.54 Å². The highest BCUT2D eigenvalue weighted by Gasteiger charge is 2.09. The second-order valence-corrected chi connectivity index (χ2v) is 6.95. The molecular weight excluding hydrogens is 402 g/mol. The van der Waals surface area contributed by atoms with E-state index in [1.54, 1.807) is 30.3 Å². The Morgan fingerprint density at radius 3 is 2.30 bits per heavy atom. The quantitative estimate of drug-likeness (QED) is 0.497. The lowest BCUT2D eigenvalue weighted by Gasteiger charge is -2.11. The van der Waals surface area contributed by atoms with Gasteiger partial charge in [-0.1, -0.05) is 35.9 Å². The summed E-state index contributed by atoms with van der Waals surface area (Å²) >= 11 is 6.03. The summed E-state index contributed by atoms with van der Waals surface area (Å²) in [6.07, 6.45) is 0. The van der Waals surface area contributed by atoms with Crippen LogP contribution in [0.4, 0.5) is 17.1 Å². The number of ether oxygens (including phenoxy) is 1. The molecule has 2 amide bonds. The number of halogens is 1. The van der Waals surface area contributed by atoms with Crippen LogP contribution in [0.2, 0.25) is 5.02 Å². The van der Waals surface area contributed by atoms with Crippen LogP contribution in [0, 0.1) is 6.92 Å². The molecular formula is C23H22ClN3O3. The third kappa shape index (κ3) is 6.25. The van der Waals surface area contributed by atoms with E-state index in [4.69, 9.17) is 16.3 Å². The number of amides is 2. The van der Waals surface area contributed by atoms with Gasteiger partial charge in [0, 0.05) is 22.1 Å². The van der Waals surface area contributed by atoms with Crippen molar-refractivity contribution in [1.29, 1.82) is 0 Å². The Labute approximate surface area is 180 Å². The Hall–Kier alpha value is -3.51. The van der Waals surface area contributed by atoms with Gasteiger partial charge < -0.3 is 20.7 Å². The highest BCUT2D eigenvalue weighted by molar-refractivity contribution is 6.31. The minimum absolute atomic E-state index is 0.159. The fourth-order valence-corrected chi connectivity index (χ4v) is 2.81. The van der Waals surface area contributed by atoms with E-state index in [1.807, 2.05) is 49.4 Å². The summed E-state index contributed by atoms with van der Waals surface area (Å²) in [5.74, 6) is -0.174. The molecule has 0 radical (unpaired) electrons. The van der Waals surface area contributed by atoms with Crippen molar-refractivity contribution in [3.05, 3.63) is 83.4 Å². The van der Waals surface area contributed by atoms with Crippen molar-refractivity contribution in [2.45, 2.75) is 6.92 Å². The maximum atomic E-state index is 12.0. The van der Waals surface area contributed by atoms with Crippen LogP contribution in [-0.2, 0) is 9.59 Å². The molecule has 3 N–H and O–H groups in total. The number of hydrogen-bond donors (Lipinski definition) is 3. The maximum absolute atomic E-state index is 12.0. The molecule has 7 heteroatoms. The Kier molecular flexibility index (Phi) is 7.29. The molecule has 0 unspecified atom stereocenters. The standard InChI is InChI=1S/C23H22ClN3O3/c1-16-20(24)8-5-9-21(16)27-22(28)14-25-23(29)15-30-19-12-10-18(11-13-19)26-17-6-3-2-4-7-17/h2-13,26H,14-15H2,1H3,(H,25,29)(H,27,28). The zero-order chi connectivity index (χ0) is 21.3. The second-order valence-electron chi connectivity index (χ2n) is 6.54. The van der Waals surface area contributed by atoms with Gasteiger partial charge in [-0.15, -0.1) is 0 Å². The summed E-state index contributed by atoms with van der Waals surface area (Å²) in [7, 11) is 0. The van der Waals surface area contributed by atoms with Gasteiger partial charge in [0.2, 0.25) is 5.91 Å². The number of carbonyl (C=O) groups is 2. The Balaban J connectivity index is 1.41. The molecule has 0 aliphatic carbocycles. The van der Waals surface area contributed by atoms with E-state index in [1.165, 1.54) is 0 Å². The van der Waals surface area contributed by atoms with Crippen molar-refractivity contribution in [2.75, 3.05) is 23.8 Å². The number of rotatable bonds is 8. The molecule has 0 saturated carbocycles. The van der Waals surface area contributed by atoms with Crippen molar-refractivity contribution >= 4 is 40.5 Å². The van der Waals surface area contributed by atoms with E-state index in [-0.39, 0.29) is 25.0 Å². The van der Waals surface area contributed by atoms with Crippen LogP contribution in [-0.4, -0.2) is 25.0 Å². The number of para-hydroxylation sites is 1. The molecule has 0 saturated heterocycles. The normalized spacial score (nSPS) is 10.2. The van der Waals surface area contributed by atoms with E-state index in [9.17, 15) is 9.59 Å². The van der Waals surface area contributed by atoms with E-state index in [2.05, 4.69) is 16.0 Å². The molecule has 3 rings (SSSR count). The van der Waals surface area contributed by atoms with Crippen molar-refractivity contribution in [1.82, 2.24) is 5.32 Å². The predicted octanol–water partition coefficient (Wildman–Crippen LogP) is 4.53. The van der Waals surface area contributed by atoms with Crippen LogP contribution in [0.5, 0.6) is 5.75 Å². The summed E-state index contributed by atoms with van der Waals surface area (Å²) < 4.78 is 5.47. The summed E-state index contributed by atoms with van der Waals surface area (Å²) in [6.45, 7) is 1.47. The molecule has 30 heavy (non-hydrogen) atoms. The largest absolute Gasteiger partial charge is 0.484 e. The number of carbonyl (C=O) groups excluding carboxylic acids is 2. The van der Waals surface area contributed by atoms with E-state index < -0.39 is 0 Å². The second kappa shape index (κ2) is 10.3. The molecule has 3 aromatic rings. The first kappa shape index (κ1) is 21.2. The van der Waals surface area contributed by atoms with Crippen molar-refractivity contribution < 1.29 is 14.3 Å². The molecule has 0 heterocycles. The minimum Gasteiger partial charge on any atom is -0.484 e. The van der Waals surface area contributed by atoms with Gasteiger partial charge in [0.25, 0.3) is 5.91 Å². The molecule has 154 valence electrons. The SMILES string of the molecule is Cc1c(Cl)cccc1NC(=O)CNC(=O)COc1ccc(Nc2ccccc2)cc1. The third-order valence-electron chi connectivity index (χ3n) is 4.27. The maximum Gasteiger partial charge on any atom is 0.258 e. The van der Waals surface area contributed by atoms with Crippen LogP contribution in [0.25, 0.3) is 0 Å². The first-order chi connectivity index (χ1) is 14.5. The monoisotopic (exact) mass is 423 g/mol. The van der Waals surface area contributed by atoms with Crippen LogP contribution >= 0.6 is 11.6 Å². The van der Waals surface area contributed by atoms with E-state index in [0.717, 1.165) is 16.9 Å². The Bertz CT molecular complexity index is 1010. The molecule has 0 fully saturated rings. The fourth-order valence-electron chi connectivity index (χ4n) is 2.64. The van der Waals surface area contributed by atoms with Gasteiger partial charge in [-0.2, -0.15) is 0 Å². The predicted molar refractivity (Wildman–Crippen MR) is 119 cm³/mol. The molecule has 3 aromatic carbocycles. The minimum atomic E-state index is -0.389. The van der Waals surface area contributed by atoms with Crippen molar-refractivity contribution in [3.8, 4) is 5.75 Å². The summed E-state index contributed by atoms with van der Waals surface area (Å²) in [5.41, 5.74) is 3.28. The highest BCUT2D eigenvalue weighted by atomic mass is 35.5. The average molecular weight is 424 g/mol. The van der Waals surface area contributed by atoms with Gasteiger partial charge in [-0.3, -0.25) is 9.59 Å². The van der Waals surface area contributed by atoms with Gasteiger partial charge >= 0.3 is 0 Å².